The molecular weight excluding hydrogens is 201 g/mol. The van der Waals surface area contributed by atoms with Crippen molar-refractivity contribution in [1.29, 1.82) is 0 Å². The van der Waals surface area contributed by atoms with Crippen molar-refractivity contribution in [1.82, 2.24) is 0 Å². The summed E-state index contributed by atoms with van der Waals surface area (Å²) in [5.74, 6) is -0.460. The lowest BCUT2D eigenvalue weighted by atomic mass is 10.3. The highest BCUT2D eigenvalue weighted by molar-refractivity contribution is 6.89. The first kappa shape index (κ1) is 10.8. The zero-order valence-corrected chi connectivity index (χ0v) is 9.37. The molecule has 0 atom stereocenters. The van der Waals surface area contributed by atoms with Crippen LogP contribution in [0.5, 0.6) is 0 Å². The molecule has 0 aromatic heterocycles. The smallest absolute Gasteiger partial charge is 0.258 e. The Balaban J connectivity index is 3.45. The Labute approximate surface area is 82.7 Å². The van der Waals surface area contributed by atoms with E-state index >= 15 is 0 Å². The number of nitrogens with zero attached hydrogens (tertiary/aromatic N) is 1. The minimum atomic E-state index is -2.00. The first-order chi connectivity index (χ1) is 6.34. The summed E-state index contributed by atoms with van der Waals surface area (Å²) >= 11 is 0. The SMILES string of the molecule is C[Si](C)(C)c1c(F)cccc1[N+](=O)[O-]. The maximum Gasteiger partial charge on any atom is 0.271 e. The molecule has 0 N–H and O–H groups in total. The first-order valence-electron chi connectivity index (χ1n) is 4.27. The van der Waals surface area contributed by atoms with Gasteiger partial charge in [-0.15, -0.1) is 0 Å². The molecule has 0 aliphatic carbocycles. The van der Waals surface area contributed by atoms with Gasteiger partial charge in [0.2, 0.25) is 0 Å². The quantitative estimate of drug-likeness (QED) is 0.429. The van der Waals surface area contributed by atoms with Crippen molar-refractivity contribution in [3.05, 3.63) is 34.1 Å². The van der Waals surface area contributed by atoms with Crippen molar-refractivity contribution >= 4 is 18.9 Å². The third kappa shape index (κ3) is 1.98. The van der Waals surface area contributed by atoms with Crippen LogP contribution in [0.2, 0.25) is 19.6 Å². The van der Waals surface area contributed by atoms with Gasteiger partial charge in [-0.2, -0.15) is 0 Å². The lowest BCUT2D eigenvalue weighted by Gasteiger charge is -2.16. The Morgan fingerprint density at radius 2 is 1.93 bits per heavy atom. The maximum absolute atomic E-state index is 13.4. The van der Waals surface area contributed by atoms with Gasteiger partial charge in [-0.1, -0.05) is 25.7 Å². The van der Waals surface area contributed by atoms with Crippen LogP contribution in [-0.4, -0.2) is 13.0 Å². The molecule has 14 heavy (non-hydrogen) atoms. The summed E-state index contributed by atoms with van der Waals surface area (Å²) in [7, 11) is -2.00. The lowest BCUT2D eigenvalue weighted by Crippen LogP contribution is -2.41. The molecule has 0 amide bonds. The van der Waals surface area contributed by atoms with E-state index in [1.54, 1.807) is 0 Å². The summed E-state index contributed by atoms with van der Waals surface area (Å²) in [5.41, 5.74) is -0.0934. The Bertz CT molecular complexity index is 374. The molecular formula is C9H12FNO2Si. The molecule has 0 saturated carbocycles. The highest BCUT2D eigenvalue weighted by atomic mass is 28.3. The van der Waals surface area contributed by atoms with Gasteiger partial charge in [-0.25, -0.2) is 4.39 Å². The molecule has 1 aromatic rings. The largest absolute Gasteiger partial charge is 0.271 e. The van der Waals surface area contributed by atoms with Gasteiger partial charge < -0.3 is 0 Å². The number of hydrogen-bond acceptors (Lipinski definition) is 2. The fourth-order valence-corrected chi connectivity index (χ4v) is 3.15. The van der Waals surface area contributed by atoms with E-state index in [2.05, 4.69) is 0 Å². The average molecular weight is 213 g/mol. The van der Waals surface area contributed by atoms with Crippen molar-refractivity contribution in [3.63, 3.8) is 0 Å². The molecule has 0 heterocycles. The fraction of sp³-hybridized carbons (Fsp3) is 0.333. The van der Waals surface area contributed by atoms with Gasteiger partial charge in [0.25, 0.3) is 5.69 Å². The number of nitro benzene ring substituents is 1. The molecule has 0 radical (unpaired) electrons. The third-order valence-electron chi connectivity index (χ3n) is 1.94. The lowest BCUT2D eigenvalue weighted by molar-refractivity contribution is -0.383. The maximum atomic E-state index is 13.4. The molecule has 0 fully saturated rings. The second-order valence-corrected chi connectivity index (χ2v) is 9.14. The highest BCUT2D eigenvalue weighted by Gasteiger charge is 2.29. The molecule has 5 heteroatoms. The summed E-state index contributed by atoms with van der Waals surface area (Å²) in [5, 5.41) is 11.0. The van der Waals surface area contributed by atoms with Gasteiger partial charge in [0, 0.05) is 6.07 Å². The highest BCUT2D eigenvalue weighted by Crippen LogP contribution is 2.16. The Morgan fingerprint density at radius 3 is 2.29 bits per heavy atom. The summed E-state index contributed by atoms with van der Waals surface area (Å²) < 4.78 is 13.4. The second kappa shape index (κ2) is 3.49. The molecule has 1 aromatic carbocycles. The standard InChI is InChI=1S/C9H12FNO2Si/c1-14(2,3)9-7(10)5-4-6-8(9)11(12)13/h4-6H,1-3H3. The number of benzene rings is 1. The first-order valence-corrected chi connectivity index (χ1v) is 7.77. The van der Waals surface area contributed by atoms with Gasteiger partial charge in [-0.05, 0) is 6.07 Å². The van der Waals surface area contributed by atoms with Crippen LogP contribution >= 0.6 is 0 Å². The van der Waals surface area contributed by atoms with E-state index in [-0.39, 0.29) is 5.69 Å². The Hall–Kier alpha value is -1.23. The molecule has 0 unspecified atom stereocenters. The summed E-state index contributed by atoms with van der Waals surface area (Å²) in [6.07, 6.45) is 0. The number of halogens is 1. The zero-order chi connectivity index (χ0) is 10.9. The molecule has 1 rings (SSSR count). The van der Waals surface area contributed by atoms with Gasteiger partial charge in [0.05, 0.1) is 18.2 Å². The van der Waals surface area contributed by atoms with Crippen molar-refractivity contribution in [3.8, 4) is 0 Å². The van der Waals surface area contributed by atoms with Gasteiger partial charge in [0.1, 0.15) is 5.82 Å². The average Bonchev–Trinajstić information content (AvgIpc) is 2.01. The normalized spacial score (nSPS) is 11.4. The monoisotopic (exact) mass is 213 g/mol. The third-order valence-corrected chi connectivity index (χ3v) is 3.93. The zero-order valence-electron chi connectivity index (χ0n) is 8.37. The van der Waals surface area contributed by atoms with Gasteiger partial charge in [-0.3, -0.25) is 10.1 Å². The van der Waals surface area contributed by atoms with Crippen LogP contribution in [0.25, 0.3) is 0 Å². The van der Waals surface area contributed by atoms with Crippen molar-refractivity contribution in [2.24, 2.45) is 0 Å². The summed E-state index contributed by atoms with van der Waals surface area (Å²) in [6.45, 7) is 5.66. The molecule has 0 aliphatic heterocycles. The van der Waals surface area contributed by atoms with E-state index in [1.165, 1.54) is 18.2 Å². The van der Waals surface area contributed by atoms with E-state index in [9.17, 15) is 14.5 Å². The van der Waals surface area contributed by atoms with E-state index in [4.69, 9.17) is 0 Å². The van der Waals surface area contributed by atoms with Crippen LogP contribution in [0.3, 0.4) is 0 Å². The minimum absolute atomic E-state index is 0.0934. The van der Waals surface area contributed by atoms with Crippen LogP contribution in [0.15, 0.2) is 18.2 Å². The second-order valence-electron chi connectivity index (χ2n) is 4.14. The van der Waals surface area contributed by atoms with Crippen LogP contribution in [0.4, 0.5) is 10.1 Å². The fourth-order valence-electron chi connectivity index (χ4n) is 1.41. The summed E-state index contributed by atoms with van der Waals surface area (Å²) in [6, 6.07) is 4.01. The minimum Gasteiger partial charge on any atom is -0.258 e. The van der Waals surface area contributed by atoms with E-state index in [1.807, 2.05) is 19.6 Å². The van der Waals surface area contributed by atoms with Gasteiger partial charge >= 0.3 is 0 Å². The van der Waals surface area contributed by atoms with Crippen LogP contribution < -0.4 is 5.19 Å². The number of nitro groups is 1. The summed E-state index contributed by atoms with van der Waals surface area (Å²) in [4.78, 5) is 10.2. The van der Waals surface area contributed by atoms with Crippen LogP contribution in [0, 0.1) is 15.9 Å². The molecule has 3 nitrogen and oxygen atoms in total. The van der Waals surface area contributed by atoms with E-state index in [0.717, 1.165) is 0 Å². The molecule has 0 spiro atoms. The number of hydrogen-bond donors (Lipinski definition) is 0. The predicted molar refractivity (Wildman–Crippen MR) is 56.0 cm³/mol. The van der Waals surface area contributed by atoms with Crippen LogP contribution in [-0.2, 0) is 0 Å². The molecule has 76 valence electrons. The predicted octanol–water partition coefficient (Wildman–Crippen LogP) is 2.28. The molecule has 0 aliphatic rings. The van der Waals surface area contributed by atoms with Crippen molar-refractivity contribution in [2.45, 2.75) is 19.6 Å². The van der Waals surface area contributed by atoms with Crippen molar-refractivity contribution in [2.75, 3.05) is 0 Å². The topological polar surface area (TPSA) is 43.1 Å². The van der Waals surface area contributed by atoms with Crippen molar-refractivity contribution < 1.29 is 9.31 Å². The Morgan fingerprint density at radius 1 is 1.36 bits per heavy atom. The molecule has 0 saturated heterocycles. The number of rotatable bonds is 2. The van der Waals surface area contributed by atoms with E-state index in [0.29, 0.717) is 5.19 Å². The van der Waals surface area contributed by atoms with E-state index < -0.39 is 18.8 Å². The molecule has 0 bridgehead atoms. The Kier molecular flexibility index (Phi) is 2.70. The van der Waals surface area contributed by atoms with Gasteiger partial charge in [0.15, 0.2) is 0 Å². The van der Waals surface area contributed by atoms with Crippen LogP contribution in [0.1, 0.15) is 0 Å².